The van der Waals surface area contributed by atoms with Crippen molar-refractivity contribution in [3.8, 4) is 0 Å². The number of hydrogen-bond donors (Lipinski definition) is 0. The van der Waals surface area contributed by atoms with E-state index in [2.05, 4.69) is 44.7 Å². The summed E-state index contributed by atoms with van der Waals surface area (Å²) in [6.07, 6.45) is 17.1. The van der Waals surface area contributed by atoms with E-state index in [-0.39, 0.29) is 0 Å². The van der Waals surface area contributed by atoms with Gasteiger partial charge in [-0.15, -0.1) is 0 Å². The Bertz CT molecular complexity index is 406. The lowest BCUT2D eigenvalue weighted by Crippen LogP contribution is -2.49. The summed E-state index contributed by atoms with van der Waals surface area (Å²) in [7, 11) is -1.78. The highest BCUT2D eigenvalue weighted by atomic mass is 28.3. The van der Waals surface area contributed by atoms with Crippen molar-refractivity contribution >= 4 is 8.40 Å². The predicted octanol–water partition coefficient (Wildman–Crippen LogP) is 3.52. The molecule has 0 unspecified atom stereocenters. The van der Waals surface area contributed by atoms with Gasteiger partial charge in [0, 0.05) is 24.8 Å². The van der Waals surface area contributed by atoms with E-state index in [4.69, 9.17) is 0 Å². The van der Waals surface area contributed by atoms with Crippen LogP contribution in [0.5, 0.6) is 0 Å². The summed E-state index contributed by atoms with van der Waals surface area (Å²) in [6, 6.07) is 2.52. The Morgan fingerprint density at radius 2 is 1.32 bits per heavy atom. The molecule has 0 radical (unpaired) electrons. The van der Waals surface area contributed by atoms with E-state index in [0.29, 0.717) is 0 Å². The number of rotatable bonds is 8. The zero-order valence-electron chi connectivity index (χ0n) is 12.0. The van der Waals surface area contributed by atoms with Gasteiger partial charge in [0.1, 0.15) is 0 Å². The lowest BCUT2D eigenvalue weighted by atomic mass is 10.4. The van der Waals surface area contributed by atoms with Crippen LogP contribution < -0.4 is 0 Å². The zero-order valence-corrected chi connectivity index (χ0v) is 13.0. The van der Waals surface area contributed by atoms with Crippen LogP contribution in [0.2, 0.25) is 12.1 Å². The Kier molecular flexibility index (Phi) is 4.96. The topological polar surface area (TPSA) is 35.6 Å². The summed E-state index contributed by atoms with van der Waals surface area (Å²) in [5, 5.41) is 0. The number of nitrogens with zero attached hydrogens (tertiary/aromatic N) is 4. The first-order chi connectivity index (χ1) is 9.33. The van der Waals surface area contributed by atoms with Crippen LogP contribution in [0.25, 0.3) is 0 Å². The van der Waals surface area contributed by atoms with Crippen molar-refractivity contribution in [1.82, 2.24) is 18.4 Å². The molecule has 0 saturated carbocycles. The molecule has 0 aliphatic rings. The van der Waals surface area contributed by atoms with Gasteiger partial charge in [-0.1, -0.05) is 39.5 Å². The summed E-state index contributed by atoms with van der Waals surface area (Å²) >= 11 is 0. The molecule has 0 saturated heterocycles. The smallest absolute Gasteiger partial charge is 0.273 e. The minimum Gasteiger partial charge on any atom is -0.346 e. The van der Waals surface area contributed by atoms with Crippen molar-refractivity contribution in [2.45, 2.75) is 51.6 Å². The summed E-state index contributed by atoms with van der Waals surface area (Å²) in [5.74, 6) is 0. The molecule has 0 aromatic carbocycles. The van der Waals surface area contributed by atoms with Gasteiger partial charge in [0.15, 0.2) is 0 Å². The van der Waals surface area contributed by atoms with Crippen LogP contribution in [0, 0.1) is 0 Å². The third kappa shape index (κ3) is 2.97. The maximum atomic E-state index is 4.28. The second kappa shape index (κ2) is 6.70. The SMILES string of the molecule is CCCC[Si](CCCC)(n1ccnc1)n1ccnc1. The fourth-order valence-electron chi connectivity index (χ4n) is 2.71. The first kappa shape index (κ1) is 14.1. The van der Waals surface area contributed by atoms with Crippen LogP contribution >= 0.6 is 0 Å². The quantitative estimate of drug-likeness (QED) is 0.692. The first-order valence-electron chi connectivity index (χ1n) is 7.30. The Balaban J connectivity index is 2.38. The van der Waals surface area contributed by atoms with Gasteiger partial charge in [-0.25, -0.2) is 9.97 Å². The fraction of sp³-hybridized carbons (Fsp3) is 0.571. The predicted molar refractivity (Wildman–Crippen MR) is 80.4 cm³/mol. The Labute approximate surface area is 116 Å². The van der Waals surface area contributed by atoms with Crippen molar-refractivity contribution in [2.75, 3.05) is 0 Å². The number of unbranched alkanes of at least 4 members (excludes halogenated alkanes) is 2. The van der Waals surface area contributed by atoms with Gasteiger partial charge in [0.05, 0.1) is 12.7 Å². The van der Waals surface area contributed by atoms with Gasteiger partial charge in [-0.2, -0.15) is 0 Å². The average molecular weight is 276 g/mol. The number of hydrogen-bond acceptors (Lipinski definition) is 2. The molecule has 4 nitrogen and oxygen atoms in total. The van der Waals surface area contributed by atoms with Gasteiger partial charge in [-0.05, 0) is 12.1 Å². The molecule has 2 rings (SSSR count). The van der Waals surface area contributed by atoms with Crippen molar-refractivity contribution in [3.63, 3.8) is 0 Å². The molecule has 2 heterocycles. The van der Waals surface area contributed by atoms with Crippen LogP contribution in [-0.2, 0) is 0 Å². The minimum atomic E-state index is -1.78. The monoisotopic (exact) mass is 276 g/mol. The van der Waals surface area contributed by atoms with E-state index < -0.39 is 8.40 Å². The van der Waals surface area contributed by atoms with Gasteiger partial charge < -0.3 is 8.47 Å². The normalized spacial score (nSPS) is 11.9. The molecule has 0 aliphatic carbocycles. The van der Waals surface area contributed by atoms with Crippen molar-refractivity contribution in [3.05, 3.63) is 37.4 Å². The molecule has 0 bridgehead atoms. The Morgan fingerprint density at radius 1 is 0.842 bits per heavy atom. The maximum Gasteiger partial charge on any atom is 0.273 e. The maximum absolute atomic E-state index is 4.28. The third-order valence-corrected chi connectivity index (χ3v) is 8.59. The van der Waals surface area contributed by atoms with Crippen LogP contribution in [-0.4, -0.2) is 26.8 Å². The van der Waals surface area contributed by atoms with E-state index in [1.165, 1.54) is 37.8 Å². The number of imidazole rings is 2. The fourth-order valence-corrected chi connectivity index (χ4v) is 7.35. The minimum absolute atomic E-state index is 1.24. The second-order valence-electron chi connectivity index (χ2n) is 5.13. The molecular formula is C14H24N4Si. The highest BCUT2D eigenvalue weighted by Gasteiger charge is 2.36. The van der Waals surface area contributed by atoms with Crippen LogP contribution in [0.3, 0.4) is 0 Å². The van der Waals surface area contributed by atoms with E-state index in [1.807, 2.05) is 25.0 Å². The first-order valence-corrected chi connectivity index (χ1v) is 9.61. The molecule has 0 fully saturated rings. The summed E-state index contributed by atoms with van der Waals surface area (Å²) in [4.78, 5) is 8.56. The van der Waals surface area contributed by atoms with Crippen molar-refractivity contribution in [1.29, 1.82) is 0 Å². The molecule has 0 aliphatic heterocycles. The molecule has 5 heteroatoms. The van der Waals surface area contributed by atoms with Crippen molar-refractivity contribution in [2.24, 2.45) is 0 Å². The van der Waals surface area contributed by atoms with Crippen LogP contribution in [0.15, 0.2) is 37.4 Å². The third-order valence-electron chi connectivity index (χ3n) is 3.83. The second-order valence-corrected chi connectivity index (χ2v) is 9.13. The van der Waals surface area contributed by atoms with Gasteiger partial charge >= 0.3 is 0 Å². The van der Waals surface area contributed by atoms with Gasteiger partial charge in [0.25, 0.3) is 8.40 Å². The summed E-state index contributed by atoms with van der Waals surface area (Å²) in [6.45, 7) is 4.53. The molecule has 0 atom stereocenters. The standard InChI is InChI=1S/C14H24N4Si/c1-3-5-11-19(12-6-4-2,17-9-7-15-13-17)18-10-8-16-14-18/h7-10,13-14H,3-6,11-12H2,1-2H3. The summed E-state index contributed by atoms with van der Waals surface area (Å²) in [5.41, 5.74) is 0. The van der Waals surface area contributed by atoms with Gasteiger partial charge in [-0.3, -0.25) is 0 Å². The highest BCUT2D eigenvalue weighted by Crippen LogP contribution is 2.25. The highest BCUT2D eigenvalue weighted by molar-refractivity contribution is 6.76. The molecule has 0 spiro atoms. The lowest BCUT2D eigenvalue weighted by molar-refractivity contribution is 0.774. The van der Waals surface area contributed by atoms with E-state index in [0.717, 1.165) is 0 Å². The summed E-state index contributed by atoms with van der Waals surface area (Å²) < 4.78 is 4.78. The van der Waals surface area contributed by atoms with E-state index in [1.54, 1.807) is 0 Å². The molecule has 19 heavy (non-hydrogen) atoms. The lowest BCUT2D eigenvalue weighted by Gasteiger charge is -2.33. The molecule has 2 aromatic rings. The van der Waals surface area contributed by atoms with E-state index >= 15 is 0 Å². The zero-order chi connectivity index (χ0) is 13.6. The Hall–Kier alpha value is -1.36. The van der Waals surface area contributed by atoms with Crippen LogP contribution in [0.1, 0.15) is 39.5 Å². The van der Waals surface area contributed by atoms with Crippen molar-refractivity contribution < 1.29 is 0 Å². The molecule has 104 valence electrons. The molecule has 0 amide bonds. The molecular weight excluding hydrogens is 252 g/mol. The molecule has 2 aromatic heterocycles. The average Bonchev–Trinajstić information content (AvgIpc) is 3.12. The largest absolute Gasteiger partial charge is 0.346 e. The van der Waals surface area contributed by atoms with Crippen LogP contribution in [0.4, 0.5) is 0 Å². The molecule has 0 N–H and O–H groups in total. The van der Waals surface area contributed by atoms with Gasteiger partial charge in [0.2, 0.25) is 0 Å². The Morgan fingerprint density at radius 3 is 1.63 bits per heavy atom. The number of aromatic nitrogens is 4. The van der Waals surface area contributed by atoms with E-state index in [9.17, 15) is 0 Å².